The van der Waals surface area contributed by atoms with Crippen molar-refractivity contribution >= 4 is 22.3 Å². The maximum atomic E-state index is 8.25. The number of carbonyl (C=O) groups is 1. The van der Waals surface area contributed by atoms with Gasteiger partial charge in [0, 0.05) is 22.3 Å². The second-order valence-electron chi connectivity index (χ2n) is 7.65. The van der Waals surface area contributed by atoms with Gasteiger partial charge in [0.2, 0.25) is 0 Å². The van der Waals surface area contributed by atoms with Crippen LogP contribution < -0.4 is 10.1 Å². The molecule has 0 radical (unpaired) electrons. The average Bonchev–Trinajstić information content (AvgIpc) is 2.89. The fourth-order valence-corrected chi connectivity index (χ4v) is 8.75. The molecule has 25 heavy (non-hydrogen) atoms. The Morgan fingerprint density at radius 1 is 0.840 bits per heavy atom. The SMILES string of the molecule is CC(C)[PH+](Cc1ccc(C[PH+](C(C)C)C(C)C)[n-]1)C(C)C.O=C[O-].[Ni+2]. The molecule has 0 aliphatic heterocycles. The van der Waals surface area contributed by atoms with Gasteiger partial charge in [-0.1, -0.05) is 12.1 Å². The van der Waals surface area contributed by atoms with E-state index in [-0.39, 0.29) is 32.3 Å². The average molecular weight is 432 g/mol. The number of carboxylic acid groups (broad SMARTS) is 1. The second-order valence-corrected chi connectivity index (χ2v) is 15.3. The third-order valence-corrected chi connectivity index (χ3v) is 12.0. The molecule has 0 spiro atoms. The largest absolute Gasteiger partial charge is 2.00 e. The van der Waals surface area contributed by atoms with Gasteiger partial charge >= 0.3 is 16.5 Å². The molecule has 0 aliphatic carbocycles. The summed E-state index contributed by atoms with van der Waals surface area (Å²) >= 11 is 0. The molecule has 0 unspecified atom stereocenters. The normalized spacial score (nSPS) is 11.3. The fourth-order valence-electron chi connectivity index (χ4n) is 3.22. The van der Waals surface area contributed by atoms with Gasteiger partial charge in [0.25, 0.3) is 0 Å². The first-order chi connectivity index (χ1) is 11.1. The predicted octanol–water partition coefficient (Wildman–Crippen LogP) is 4.07. The summed E-state index contributed by atoms with van der Waals surface area (Å²) in [5.74, 6) is 0. The number of rotatable bonds is 8. The molecular weight excluding hydrogens is 395 g/mol. The van der Waals surface area contributed by atoms with Gasteiger partial charge in [-0.2, -0.15) is 0 Å². The van der Waals surface area contributed by atoms with Gasteiger partial charge in [0.15, 0.2) is 0 Å². The number of hydrogen-bond donors (Lipinski definition) is 0. The zero-order chi connectivity index (χ0) is 18.9. The molecule has 1 aromatic heterocycles. The zero-order valence-corrected chi connectivity index (χ0v) is 20.0. The quantitative estimate of drug-likeness (QED) is 0.354. The molecule has 1 heterocycles. The molecule has 1 rings (SSSR count). The molecule has 0 aromatic carbocycles. The van der Waals surface area contributed by atoms with E-state index < -0.39 is 6.47 Å². The van der Waals surface area contributed by atoms with Gasteiger partial charge in [-0.25, -0.2) is 0 Å². The Bertz CT molecular complexity index is 410. The monoisotopic (exact) mass is 431 g/mol. The van der Waals surface area contributed by atoms with Crippen LogP contribution >= 0.6 is 15.8 Å². The third-order valence-electron chi connectivity index (χ3n) is 4.49. The third kappa shape index (κ3) is 10.7. The number of carbonyl (C=O) groups excluding carboxylic acids is 1. The van der Waals surface area contributed by atoms with Gasteiger partial charge < -0.3 is 14.9 Å². The molecule has 3 nitrogen and oxygen atoms in total. The fraction of sp³-hybridized carbons (Fsp3) is 0.737. The van der Waals surface area contributed by atoms with E-state index in [0.29, 0.717) is 0 Å². The Kier molecular flexibility index (Phi) is 15.5. The molecule has 0 amide bonds. The summed E-state index contributed by atoms with van der Waals surface area (Å²) in [7, 11) is -0.664. The van der Waals surface area contributed by atoms with Crippen molar-refractivity contribution in [3.8, 4) is 0 Å². The first-order valence-corrected chi connectivity index (χ1v) is 12.7. The van der Waals surface area contributed by atoms with E-state index in [0.717, 1.165) is 22.6 Å². The van der Waals surface area contributed by atoms with Gasteiger partial charge in [0.1, 0.15) is 0 Å². The summed E-state index contributed by atoms with van der Waals surface area (Å²) in [4.78, 5) is 13.2. The zero-order valence-electron chi connectivity index (χ0n) is 17.0. The topological polar surface area (TPSA) is 54.2 Å². The Morgan fingerprint density at radius 3 is 1.28 bits per heavy atom. The summed E-state index contributed by atoms with van der Waals surface area (Å²) < 4.78 is 0. The van der Waals surface area contributed by atoms with Crippen LogP contribution in [-0.4, -0.2) is 29.1 Å². The van der Waals surface area contributed by atoms with E-state index in [4.69, 9.17) is 14.9 Å². The van der Waals surface area contributed by atoms with E-state index in [2.05, 4.69) is 67.5 Å². The van der Waals surface area contributed by atoms with Crippen LogP contribution in [0, 0.1) is 0 Å². The molecule has 0 saturated carbocycles. The summed E-state index contributed by atoms with van der Waals surface area (Å²) in [6, 6.07) is 4.59. The van der Waals surface area contributed by atoms with Gasteiger partial charge in [0.05, 0.1) is 35.0 Å². The summed E-state index contributed by atoms with van der Waals surface area (Å²) in [5, 5.41) is 8.25. The Hall–Kier alpha value is 0.104. The minimum Gasteiger partial charge on any atom is -0.659 e. The van der Waals surface area contributed by atoms with Gasteiger partial charge in [-0.15, -0.1) is 11.4 Å². The minimum atomic E-state index is -0.500. The maximum Gasteiger partial charge on any atom is 2.00 e. The van der Waals surface area contributed by atoms with Crippen molar-refractivity contribution in [1.82, 2.24) is 4.98 Å². The van der Waals surface area contributed by atoms with Crippen LogP contribution in [0.1, 0.15) is 66.8 Å². The molecule has 6 heteroatoms. The van der Waals surface area contributed by atoms with E-state index in [9.17, 15) is 0 Å². The first kappa shape index (κ1) is 27.3. The van der Waals surface area contributed by atoms with Crippen molar-refractivity contribution in [2.75, 3.05) is 0 Å². The van der Waals surface area contributed by atoms with Crippen LogP contribution in [0.25, 0.3) is 0 Å². The number of nitrogens with zero attached hydrogens (tertiary/aromatic N) is 1. The molecule has 0 fully saturated rings. The summed E-state index contributed by atoms with van der Waals surface area (Å²) in [5.41, 5.74) is 6.05. The van der Waals surface area contributed by atoms with Crippen LogP contribution in [0.3, 0.4) is 0 Å². The van der Waals surface area contributed by atoms with Crippen molar-refractivity contribution in [2.24, 2.45) is 0 Å². The standard InChI is InChI=1S/C18H34NP2.CH2O2.Ni/c1-13(2)20(14(3)4)11-17-9-10-18(19-17)12-21(15(5)6)16(7)8;2-1-3;/h9-10,13-16H,11-12H2,1-8H3;1H,(H,2,3);/q-1;;+2/p+1. The van der Waals surface area contributed by atoms with E-state index in [1.54, 1.807) is 0 Å². The summed E-state index contributed by atoms with van der Waals surface area (Å²) in [6.45, 7) is 18.6. The van der Waals surface area contributed by atoms with E-state index in [1.807, 2.05) is 0 Å². The Morgan fingerprint density at radius 2 is 1.08 bits per heavy atom. The number of hydrogen-bond acceptors (Lipinski definition) is 2. The molecule has 0 saturated heterocycles. The number of aromatic nitrogens is 1. The molecule has 0 aliphatic rings. The van der Waals surface area contributed by atoms with Crippen LogP contribution in [0.5, 0.6) is 0 Å². The van der Waals surface area contributed by atoms with Crippen molar-refractivity contribution in [3.63, 3.8) is 0 Å². The van der Waals surface area contributed by atoms with Crippen molar-refractivity contribution in [3.05, 3.63) is 23.5 Å². The molecule has 0 atom stereocenters. The van der Waals surface area contributed by atoms with E-state index >= 15 is 0 Å². The van der Waals surface area contributed by atoms with Crippen LogP contribution in [0.4, 0.5) is 0 Å². The molecule has 148 valence electrons. The maximum absolute atomic E-state index is 8.25. The van der Waals surface area contributed by atoms with Crippen LogP contribution in [0.15, 0.2) is 12.1 Å². The smallest absolute Gasteiger partial charge is 0.659 e. The van der Waals surface area contributed by atoms with Gasteiger partial charge in [-0.3, -0.25) is 0 Å². The Labute approximate surface area is 167 Å². The Balaban J connectivity index is 0. The van der Waals surface area contributed by atoms with E-state index in [1.165, 1.54) is 23.7 Å². The summed E-state index contributed by atoms with van der Waals surface area (Å²) in [6.07, 6.45) is 2.48. The molecule has 1 aromatic rings. The van der Waals surface area contributed by atoms with Crippen molar-refractivity contribution < 1.29 is 26.4 Å². The second kappa shape index (κ2) is 14.2. The van der Waals surface area contributed by atoms with Crippen molar-refractivity contribution in [1.29, 1.82) is 0 Å². The van der Waals surface area contributed by atoms with Crippen LogP contribution in [-0.2, 0) is 33.6 Å². The first-order valence-electron chi connectivity index (χ1n) is 9.02. The predicted molar refractivity (Wildman–Crippen MR) is 110 cm³/mol. The van der Waals surface area contributed by atoms with Crippen molar-refractivity contribution in [2.45, 2.75) is 90.3 Å². The molecule has 0 bridgehead atoms. The van der Waals surface area contributed by atoms with Crippen LogP contribution in [0.2, 0.25) is 0 Å². The van der Waals surface area contributed by atoms with Gasteiger partial charge in [-0.05, 0) is 55.4 Å². The molecule has 0 N–H and O–H groups in total. The molecular formula is C19H37NNiO2P2+2. The minimum absolute atomic E-state index is 0.